The third kappa shape index (κ3) is 5.30. The van der Waals surface area contributed by atoms with Crippen molar-refractivity contribution in [2.45, 2.75) is 49.8 Å². The highest BCUT2D eigenvalue weighted by Gasteiger charge is 2.36. The number of nitrogens with zero attached hydrogens (tertiary/aromatic N) is 1. The van der Waals surface area contributed by atoms with Crippen LogP contribution in [-0.2, 0) is 10.5 Å². The third-order valence-corrected chi connectivity index (χ3v) is 6.14. The molecule has 0 aromatic heterocycles. The van der Waals surface area contributed by atoms with Gasteiger partial charge in [0.05, 0.1) is 0 Å². The molecule has 2 aromatic carbocycles. The Hall–Kier alpha value is -1.98. The number of rotatable bonds is 5. The minimum atomic E-state index is -0.490. The smallest absolute Gasteiger partial charge is 0.410 e. The number of hydrogen-bond donors (Lipinski definition) is 1. The third-order valence-electron chi connectivity index (χ3n) is 4.85. The van der Waals surface area contributed by atoms with Crippen molar-refractivity contribution < 1.29 is 9.53 Å². The van der Waals surface area contributed by atoms with Crippen LogP contribution in [0.1, 0.15) is 32.8 Å². The number of carbonyl (C=O) groups excluding carboxylic acids is 1. The number of likely N-dealkylation sites (tertiary alicyclic amines) is 1. The molecule has 0 spiro atoms. The summed E-state index contributed by atoms with van der Waals surface area (Å²) in [6.07, 6.45) is 0.657. The van der Waals surface area contributed by atoms with Gasteiger partial charge in [0.1, 0.15) is 5.60 Å². The highest BCUT2D eigenvalue weighted by atomic mass is 32.2. The zero-order valence-corrected chi connectivity index (χ0v) is 17.7. The van der Waals surface area contributed by atoms with Crippen LogP contribution in [-0.4, -0.2) is 41.0 Å². The van der Waals surface area contributed by atoms with Crippen LogP contribution in [0.5, 0.6) is 0 Å². The average molecular weight is 399 g/mol. The fourth-order valence-corrected chi connectivity index (χ4v) is 4.81. The van der Waals surface area contributed by atoms with E-state index in [1.165, 1.54) is 16.7 Å². The topological polar surface area (TPSA) is 55.6 Å². The first-order valence-corrected chi connectivity index (χ1v) is 10.9. The van der Waals surface area contributed by atoms with Gasteiger partial charge in [-0.1, -0.05) is 54.6 Å². The first-order chi connectivity index (χ1) is 13.4. The predicted octanol–water partition coefficient (Wildman–Crippen LogP) is 4.92. The van der Waals surface area contributed by atoms with Gasteiger partial charge < -0.3 is 15.4 Å². The van der Waals surface area contributed by atoms with Crippen LogP contribution in [0.25, 0.3) is 11.1 Å². The largest absolute Gasteiger partial charge is 0.444 e. The molecular weight excluding hydrogens is 368 g/mol. The quantitative estimate of drug-likeness (QED) is 0.776. The molecular formula is C23H30N2O2S. The fourth-order valence-electron chi connectivity index (χ4n) is 3.52. The first-order valence-electron chi connectivity index (χ1n) is 9.82. The molecule has 0 bridgehead atoms. The Bertz CT molecular complexity index is 789. The fraction of sp³-hybridized carbons (Fsp3) is 0.435. The van der Waals surface area contributed by atoms with E-state index in [1.807, 2.05) is 43.5 Å². The highest BCUT2D eigenvalue weighted by molar-refractivity contribution is 7.99. The molecule has 1 saturated heterocycles. The number of ether oxygens (including phenoxy) is 1. The van der Waals surface area contributed by atoms with E-state index in [0.29, 0.717) is 18.3 Å². The van der Waals surface area contributed by atoms with E-state index in [2.05, 4.69) is 48.5 Å². The van der Waals surface area contributed by atoms with Gasteiger partial charge in [0.15, 0.2) is 0 Å². The van der Waals surface area contributed by atoms with Crippen molar-refractivity contribution in [2.75, 3.05) is 13.1 Å². The summed E-state index contributed by atoms with van der Waals surface area (Å²) >= 11 is 1.90. The average Bonchev–Trinajstić information content (AvgIpc) is 3.10. The van der Waals surface area contributed by atoms with E-state index in [-0.39, 0.29) is 12.1 Å². The summed E-state index contributed by atoms with van der Waals surface area (Å²) < 4.78 is 5.56. The van der Waals surface area contributed by atoms with E-state index in [4.69, 9.17) is 10.5 Å². The molecule has 4 nitrogen and oxygen atoms in total. The van der Waals surface area contributed by atoms with Crippen LogP contribution in [0.3, 0.4) is 0 Å². The number of benzene rings is 2. The summed E-state index contributed by atoms with van der Waals surface area (Å²) in [7, 11) is 0. The van der Waals surface area contributed by atoms with Gasteiger partial charge in [-0.2, -0.15) is 11.8 Å². The second-order valence-electron chi connectivity index (χ2n) is 8.21. The minimum Gasteiger partial charge on any atom is -0.444 e. The molecule has 1 aliphatic heterocycles. The molecule has 2 N–H and O–H groups in total. The lowest BCUT2D eigenvalue weighted by Gasteiger charge is -2.27. The van der Waals surface area contributed by atoms with E-state index in [0.717, 1.165) is 12.2 Å². The van der Waals surface area contributed by atoms with Crippen molar-refractivity contribution in [1.29, 1.82) is 0 Å². The van der Waals surface area contributed by atoms with Crippen LogP contribution in [0.2, 0.25) is 0 Å². The maximum absolute atomic E-state index is 12.5. The number of nitrogens with two attached hydrogens (primary N) is 1. The van der Waals surface area contributed by atoms with Crippen molar-refractivity contribution >= 4 is 17.9 Å². The van der Waals surface area contributed by atoms with Gasteiger partial charge in [0.25, 0.3) is 0 Å². The minimum absolute atomic E-state index is 0.0525. The van der Waals surface area contributed by atoms with Gasteiger partial charge in [0.2, 0.25) is 0 Å². The van der Waals surface area contributed by atoms with Crippen LogP contribution in [0.4, 0.5) is 4.79 Å². The van der Waals surface area contributed by atoms with Crippen molar-refractivity contribution in [3.63, 3.8) is 0 Å². The summed E-state index contributed by atoms with van der Waals surface area (Å²) in [5.41, 5.74) is 9.27. The monoisotopic (exact) mass is 398 g/mol. The summed E-state index contributed by atoms with van der Waals surface area (Å²) in [6, 6.07) is 19.1. The number of thioether (sulfide) groups is 1. The van der Waals surface area contributed by atoms with Crippen molar-refractivity contribution in [1.82, 2.24) is 4.90 Å². The van der Waals surface area contributed by atoms with Crippen molar-refractivity contribution in [3.8, 4) is 11.1 Å². The van der Waals surface area contributed by atoms with Gasteiger partial charge in [-0.25, -0.2) is 4.79 Å². The molecule has 3 rings (SSSR count). The Balaban J connectivity index is 1.65. The predicted molar refractivity (Wildman–Crippen MR) is 117 cm³/mol. The standard InChI is InChI=1S/C23H30N2O2S/c1-23(2,3)27-22(26)25-15-20(13-19(25)14-24)28-16-18-11-7-8-12-21(18)17-9-5-4-6-10-17/h4-12,19-20H,13-16,24H2,1-3H3. The van der Waals surface area contributed by atoms with Crippen LogP contribution >= 0.6 is 11.8 Å². The van der Waals surface area contributed by atoms with E-state index < -0.39 is 5.60 Å². The summed E-state index contributed by atoms with van der Waals surface area (Å²) in [5, 5.41) is 0.366. The zero-order chi connectivity index (χ0) is 20.1. The second kappa shape index (κ2) is 9.01. The maximum atomic E-state index is 12.5. The number of carbonyl (C=O) groups is 1. The zero-order valence-electron chi connectivity index (χ0n) is 16.9. The summed E-state index contributed by atoms with van der Waals surface area (Å²) in [4.78, 5) is 14.3. The van der Waals surface area contributed by atoms with Crippen LogP contribution < -0.4 is 5.73 Å². The van der Waals surface area contributed by atoms with E-state index in [1.54, 1.807) is 0 Å². The Morgan fingerprint density at radius 2 is 1.82 bits per heavy atom. The Kier molecular flexibility index (Phi) is 6.68. The second-order valence-corrected chi connectivity index (χ2v) is 9.50. The normalized spacial score (nSPS) is 19.6. The molecule has 0 saturated carbocycles. The van der Waals surface area contributed by atoms with Gasteiger partial charge in [-0.15, -0.1) is 0 Å². The molecule has 1 amide bonds. The van der Waals surface area contributed by atoms with E-state index >= 15 is 0 Å². The van der Waals surface area contributed by atoms with Gasteiger partial charge in [-0.3, -0.25) is 0 Å². The molecule has 1 aliphatic rings. The molecule has 2 unspecified atom stereocenters. The molecule has 2 aromatic rings. The Morgan fingerprint density at radius 1 is 1.14 bits per heavy atom. The molecule has 0 radical (unpaired) electrons. The summed E-state index contributed by atoms with van der Waals surface area (Å²) in [5.74, 6) is 0.912. The van der Waals surface area contributed by atoms with Gasteiger partial charge >= 0.3 is 6.09 Å². The molecule has 0 aliphatic carbocycles. The lowest BCUT2D eigenvalue weighted by molar-refractivity contribution is 0.0232. The molecule has 28 heavy (non-hydrogen) atoms. The number of hydrogen-bond acceptors (Lipinski definition) is 4. The summed E-state index contributed by atoms with van der Waals surface area (Å²) in [6.45, 7) is 6.84. The molecule has 150 valence electrons. The Morgan fingerprint density at radius 3 is 2.50 bits per heavy atom. The Labute approximate surface area is 172 Å². The molecule has 1 fully saturated rings. The molecule has 1 heterocycles. The van der Waals surface area contributed by atoms with Crippen LogP contribution in [0, 0.1) is 0 Å². The lowest BCUT2D eigenvalue weighted by Crippen LogP contribution is -2.43. The van der Waals surface area contributed by atoms with Gasteiger partial charge in [0, 0.05) is 30.1 Å². The van der Waals surface area contributed by atoms with E-state index in [9.17, 15) is 4.79 Å². The molecule has 2 atom stereocenters. The maximum Gasteiger partial charge on any atom is 0.410 e. The van der Waals surface area contributed by atoms with Crippen molar-refractivity contribution in [3.05, 3.63) is 60.2 Å². The first kappa shape index (κ1) is 20.7. The van der Waals surface area contributed by atoms with Crippen molar-refractivity contribution in [2.24, 2.45) is 5.73 Å². The highest BCUT2D eigenvalue weighted by Crippen LogP contribution is 2.33. The lowest BCUT2D eigenvalue weighted by atomic mass is 10.0. The van der Waals surface area contributed by atoms with Crippen LogP contribution in [0.15, 0.2) is 54.6 Å². The number of amides is 1. The van der Waals surface area contributed by atoms with Gasteiger partial charge in [-0.05, 0) is 43.9 Å². The SMILES string of the molecule is CC(C)(C)OC(=O)N1CC(SCc2ccccc2-c2ccccc2)CC1CN. The molecule has 5 heteroatoms.